The standard InChI is InChI=1S/C23H20FN3O5S/c1-30-18-4-2-14(24)9-16(18)17-12-33-23(25-17)26-22(29)13-8-21(28)27(11-13)15-3-5-19-20(10-15)32-7-6-31-19/h2-5,9-10,12-13H,6-8,11H2,1H3,(H,25,26,29). The fourth-order valence-corrected chi connectivity index (χ4v) is 4.59. The summed E-state index contributed by atoms with van der Waals surface area (Å²) in [6.07, 6.45) is 0.0935. The number of anilines is 2. The van der Waals surface area contributed by atoms with Crippen LogP contribution in [-0.2, 0) is 9.59 Å². The van der Waals surface area contributed by atoms with Gasteiger partial charge in [-0.3, -0.25) is 9.59 Å². The Morgan fingerprint density at radius 3 is 2.85 bits per heavy atom. The first-order valence-corrected chi connectivity index (χ1v) is 11.2. The molecule has 0 radical (unpaired) electrons. The summed E-state index contributed by atoms with van der Waals surface area (Å²) in [6.45, 7) is 1.19. The average molecular weight is 469 g/mol. The molecule has 1 unspecified atom stereocenters. The fraction of sp³-hybridized carbons (Fsp3) is 0.261. The minimum atomic E-state index is -0.526. The monoisotopic (exact) mass is 469 g/mol. The first kappa shape index (κ1) is 21.2. The number of fused-ring (bicyclic) bond motifs is 1. The molecular weight excluding hydrogens is 449 g/mol. The molecule has 2 aromatic carbocycles. The smallest absolute Gasteiger partial charge is 0.231 e. The Balaban J connectivity index is 1.28. The van der Waals surface area contributed by atoms with Gasteiger partial charge in [-0.1, -0.05) is 0 Å². The van der Waals surface area contributed by atoms with Gasteiger partial charge in [0.2, 0.25) is 11.8 Å². The van der Waals surface area contributed by atoms with Gasteiger partial charge in [-0.25, -0.2) is 9.37 Å². The van der Waals surface area contributed by atoms with Crippen molar-refractivity contribution in [2.75, 3.05) is 37.1 Å². The van der Waals surface area contributed by atoms with E-state index in [0.717, 1.165) is 0 Å². The second kappa shape index (κ2) is 8.70. The van der Waals surface area contributed by atoms with Gasteiger partial charge in [0.1, 0.15) is 24.8 Å². The highest BCUT2D eigenvalue weighted by molar-refractivity contribution is 7.14. The number of benzene rings is 2. The quantitative estimate of drug-likeness (QED) is 0.613. The van der Waals surface area contributed by atoms with Crippen molar-refractivity contribution in [3.05, 3.63) is 47.6 Å². The second-order valence-corrected chi connectivity index (χ2v) is 8.46. The first-order valence-electron chi connectivity index (χ1n) is 10.3. The zero-order valence-electron chi connectivity index (χ0n) is 17.7. The van der Waals surface area contributed by atoms with Crippen molar-refractivity contribution in [2.45, 2.75) is 6.42 Å². The molecule has 1 saturated heterocycles. The highest BCUT2D eigenvalue weighted by atomic mass is 32.1. The summed E-state index contributed by atoms with van der Waals surface area (Å²) in [5, 5.41) is 4.86. The van der Waals surface area contributed by atoms with E-state index in [-0.39, 0.29) is 24.8 Å². The first-order chi connectivity index (χ1) is 16.0. The molecule has 170 valence electrons. The Labute approximate surface area is 192 Å². The third kappa shape index (κ3) is 4.21. The van der Waals surface area contributed by atoms with Crippen LogP contribution in [0.15, 0.2) is 41.8 Å². The van der Waals surface area contributed by atoms with Crippen molar-refractivity contribution in [3.8, 4) is 28.5 Å². The van der Waals surface area contributed by atoms with Crippen LogP contribution < -0.4 is 24.4 Å². The Kier molecular flexibility index (Phi) is 5.59. The molecule has 5 rings (SSSR count). The second-order valence-electron chi connectivity index (χ2n) is 7.61. The van der Waals surface area contributed by atoms with Crippen molar-refractivity contribution in [1.29, 1.82) is 0 Å². The lowest BCUT2D eigenvalue weighted by Crippen LogP contribution is -2.28. The van der Waals surface area contributed by atoms with Crippen LogP contribution in [0.1, 0.15) is 6.42 Å². The van der Waals surface area contributed by atoms with Crippen LogP contribution in [0.5, 0.6) is 17.2 Å². The molecule has 0 saturated carbocycles. The summed E-state index contributed by atoms with van der Waals surface area (Å²) < 4.78 is 30.1. The molecule has 1 atom stereocenters. The van der Waals surface area contributed by atoms with Crippen molar-refractivity contribution >= 4 is 34.0 Å². The molecule has 8 nitrogen and oxygen atoms in total. The molecule has 2 aliphatic rings. The maximum Gasteiger partial charge on any atom is 0.231 e. The van der Waals surface area contributed by atoms with E-state index in [2.05, 4.69) is 10.3 Å². The van der Waals surface area contributed by atoms with E-state index in [1.54, 1.807) is 28.5 Å². The van der Waals surface area contributed by atoms with E-state index >= 15 is 0 Å². The van der Waals surface area contributed by atoms with E-state index in [0.29, 0.717) is 52.5 Å². The zero-order chi connectivity index (χ0) is 22.9. The van der Waals surface area contributed by atoms with Gasteiger partial charge >= 0.3 is 0 Å². The van der Waals surface area contributed by atoms with Gasteiger partial charge in [-0.2, -0.15) is 0 Å². The van der Waals surface area contributed by atoms with E-state index in [9.17, 15) is 14.0 Å². The summed E-state index contributed by atoms with van der Waals surface area (Å²) in [4.78, 5) is 31.4. The Hall–Kier alpha value is -3.66. The molecule has 3 aromatic rings. The van der Waals surface area contributed by atoms with Crippen molar-refractivity contribution in [3.63, 3.8) is 0 Å². The molecule has 0 spiro atoms. The summed E-state index contributed by atoms with van der Waals surface area (Å²) in [5.41, 5.74) is 1.65. The number of ether oxygens (including phenoxy) is 3. The fourth-order valence-electron chi connectivity index (χ4n) is 3.88. The highest BCUT2D eigenvalue weighted by Crippen LogP contribution is 2.37. The predicted molar refractivity (Wildman–Crippen MR) is 121 cm³/mol. The largest absolute Gasteiger partial charge is 0.496 e. The third-order valence-electron chi connectivity index (χ3n) is 5.51. The van der Waals surface area contributed by atoms with Gasteiger partial charge in [0, 0.05) is 35.7 Å². The van der Waals surface area contributed by atoms with Gasteiger partial charge in [0.25, 0.3) is 0 Å². The Morgan fingerprint density at radius 1 is 1.21 bits per heavy atom. The number of methoxy groups -OCH3 is 1. The maximum atomic E-state index is 13.7. The molecule has 10 heteroatoms. The minimum absolute atomic E-state index is 0.0935. The van der Waals surface area contributed by atoms with Crippen molar-refractivity contribution < 1.29 is 28.2 Å². The molecule has 1 fully saturated rings. The number of nitrogens with one attached hydrogen (secondary N) is 1. The third-order valence-corrected chi connectivity index (χ3v) is 6.26. The number of hydrogen-bond acceptors (Lipinski definition) is 7. The molecule has 1 aromatic heterocycles. The number of rotatable bonds is 5. The van der Waals surface area contributed by atoms with Crippen molar-refractivity contribution in [1.82, 2.24) is 4.98 Å². The molecule has 2 amide bonds. The number of halogens is 1. The lowest BCUT2D eigenvalue weighted by atomic mass is 10.1. The SMILES string of the molecule is COc1ccc(F)cc1-c1csc(NC(=O)C2CC(=O)N(c3ccc4c(c3)OCCO4)C2)n1. The van der Waals surface area contributed by atoms with Gasteiger partial charge in [-0.15, -0.1) is 11.3 Å². The topological polar surface area (TPSA) is 90.0 Å². The van der Waals surface area contributed by atoms with E-state index < -0.39 is 11.7 Å². The van der Waals surface area contributed by atoms with Gasteiger partial charge in [0.05, 0.1) is 18.7 Å². The van der Waals surface area contributed by atoms with Gasteiger partial charge in [0.15, 0.2) is 16.6 Å². The predicted octanol–water partition coefficient (Wildman–Crippen LogP) is 3.72. The Morgan fingerprint density at radius 2 is 2.03 bits per heavy atom. The van der Waals surface area contributed by atoms with Crippen LogP contribution in [0.3, 0.4) is 0 Å². The lowest BCUT2D eigenvalue weighted by Gasteiger charge is -2.22. The number of carbonyl (C=O) groups excluding carboxylic acids is 2. The number of nitrogens with zero attached hydrogens (tertiary/aromatic N) is 2. The molecule has 1 N–H and O–H groups in total. The van der Waals surface area contributed by atoms with Crippen LogP contribution in [0, 0.1) is 11.7 Å². The minimum Gasteiger partial charge on any atom is -0.496 e. The zero-order valence-corrected chi connectivity index (χ0v) is 18.5. The van der Waals surface area contributed by atoms with Crippen LogP contribution in [-0.4, -0.2) is 43.7 Å². The average Bonchev–Trinajstić information content (AvgIpc) is 3.45. The maximum absolute atomic E-state index is 13.7. The van der Waals surface area contributed by atoms with Gasteiger partial charge < -0.3 is 24.4 Å². The molecule has 33 heavy (non-hydrogen) atoms. The molecule has 2 aliphatic heterocycles. The van der Waals surface area contributed by atoms with E-state index in [1.807, 2.05) is 0 Å². The van der Waals surface area contributed by atoms with Crippen LogP contribution >= 0.6 is 11.3 Å². The van der Waals surface area contributed by atoms with Crippen LogP contribution in [0.2, 0.25) is 0 Å². The number of aromatic nitrogens is 1. The number of carbonyl (C=O) groups is 2. The number of amides is 2. The summed E-state index contributed by atoms with van der Waals surface area (Å²) in [7, 11) is 1.50. The molecule has 3 heterocycles. The van der Waals surface area contributed by atoms with Gasteiger partial charge in [-0.05, 0) is 30.3 Å². The van der Waals surface area contributed by atoms with E-state index in [4.69, 9.17) is 14.2 Å². The molecular formula is C23H20FN3O5S. The molecule has 0 bridgehead atoms. The van der Waals surface area contributed by atoms with Crippen molar-refractivity contribution in [2.24, 2.45) is 5.92 Å². The normalized spacial score (nSPS) is 17.2. The number of hydrogen-bond donors (Lipinski definition) is 1. The van der Waals surface area contributed by atoms with Crippen LogP contribution in [0.25, 0.3) is 11.3 Å². The van der Waals surface area contributed by atoms with Crippen LogP contribution in [0.4, 0.5) is 15.2 Å². The lowest BCUT2D eigenvalue weighted by molar-refractivity contribution is -0.122. The van der Waals surface area contributed by atoms with E-state index in [1.165, 1.54) is 36.6 Å². The summed E-state index contributed by atoms with van der Waals surface area (Å²) in [6, 6.07) is 9.47. The Bertz CT molecular complexity index is 1230. The summed E-state index contributed by atoms with van der Waals surface area (Å²) in [5.74, 6) is 0.334. The number of thiazole rings is 1. The summed E-state index contributed by atoms with van der Waals surface area (Å²) >= 11 is 1.22. The highest BCUT2D eigenvalue weighted by Gasteiger charge is 2.36. The molecule has 0 aliphatic carbocycles.